The van der Waals surface area contributed by atoms with Crippen LogP contribution in [0.2, 0.25) is 5.02 Å². The number of rotatable bonds is 5. The molecule has 1 aliphatic rings. The van der Waals surface area contributed by atoms with Crippen molar-refractivity contribution >= 4 is 46.3 Å². The molecule has 0 N–H and O–H groups in total. The zero-order valence-electron chi connectivity index (χ0n) is 13.9. The lowest BCUT2D eigenvalue weighted by Crippen LogP contribution is -2.27. The molecule has 27 heavy (non-hydrogen) atoms. The molecule has 2 amide bonds. The topological polar surface area (TPSA) is 80.5 Å². The van der Waals surface area contributed by atoms with E-state index in [1.54, 1.807) is 48.6 Å². The van der Waals surface area contributed by atoms with Crippen LogP contribution in [0, 0.1) is 10.1 Å². The molecular weight excluding hydrogens is 388 g/mol. The van der Waals surface area contributed by atoms with Crippen LogP contribution in [-0.2, 0) is 11.3 Å². The van der Waals surface area contributed by atoms with Crippen LogP contribution in [0.15, 0.2) is 65.6 Å². The highest BCUT2D eigenvalue weighted by molar-refractivity contribution is 8.18. The van der Waals surface area contributed by atoms with E-state index < -0.39 is 4.92 Å². The number of imide groups is 1. The number of non-ortho nitro benzene ring substituents is 1. The Morgan fingerprint density at radius 3 is 2.67 bits per heavy atom. The molecule has 1 fully saturated rings. The second-order valence-electron chi connectivity index (χ2n) is 5.63. The summed E-state index contributed by atoms with van der Waals surface area (Å²) in [5.74, 6) is -0.381. The first kappa shape index (κ1) is 18.9. The zero-order valence-corrected chi connectivity index (χ0v) is 15.4. The number of nitro benzene ring substituents is 1. The first-order chi connectivity index (χ1) is 12.9. The van der Waals surface area contributed by atoms with Gasteiger partial charge < -0.3 is 0 Å². The summed E-state index contributed by atoms with van der Waals surface area (Å²) >= 11 is 6.79. The number of hydrogen-bond acceptors (Lipinski definition) is 5. The third kappa shape index (κ3) is 4.64. The maximum absolute atomic E-state index is 12.5. The van der Waals surface area contributed by atoms with E-state index in [9.17, 15) is 19.7 Å². The highest BCUT2D eigenvalue weighted by Crippen LogP contribution is 2.32. The summed E-state index contributed by atoms with van der Waals surface area (Å²) in [5, 5.41) is 11.0. The Kier molecular flexibility index (Phi) is 5.73. The first-order valence-corrected chi connectivity index (χ1v) is 9.04. The lowest BCUT2D eigenvalue weighted by molar-refractivity contribution is -0.384. The number of allylic oxidation sites excluding steroid dienone is 2. The average Bonchev–Trinajstić information content (AvgIpc) is 2.90. The third-order valence-corrected chi connectivity index (χ3v) is 4.88. The minimum atomic E-state index is -0.474. The number of nitro groups is 1. The van der Waals surface area contributed by atoms with Gasteiger partial charge in [-0.1, -0.05) is 48.0 Å². The van der Waals surface area contributed by atoms with Crippen molar-refractivity contribution in [3.63, 3.8) is 0 Å². The summed E-state index contributed by atoms with van der Waals surface area (Å²) < 4.78 is 0. The van der Waals surface area contributed by atoms with E-state index in [0.29, 0.717) is 15.5 Å². The smallest absolute Gasteiger partial charge is 0.268 e. The van der Waals surface area contributed by atoms with Gasteiger partial charge in [0, 0.05) is 17.2 Å². The molecule has 0 unspecified atom stereocenters. The predicted octanol–water partition coefficient (Wildman–Crippen LogP) is 5.04. The molecule has 0 aromatic heterocycles. The molecule has 2 aromatic rings. The number of benzene rings is 2. The van der Waals surface area contributed by atoms with E-state index in [-0.39, 0.29) is 23.4 Å². The van der Waals surface area contributed by atoms with Gasteiger partial charge in [-0.3, -0.25) is 24.6 Å². The van der Waals surface area contributed by atoms with Crippen molar-refractivity contribution in [3.05, 3.63) is 91.9 Å². The van der Waals surface area contributed by atoms with Crippen molar-refractivity contribution < 1.29 is 14.5 Å². The summed E-state index contributed by atoms with van der Waals surface area (Å²) in [6, 6.07) is 13.1. The Balaban J connectivity index is 1.72. The van der Waals surface area contributed by atoms with E-state index in [0.717, 1.165) is 22.2 Å². The molecule has 8 heteroatoms. The average molecular weight is 401 g/mol. The number of carbonyl (C=O) groups is 2. The normalized spacial score (nSPS) is 15.9. The van der Waals surface area contributed by atoms with Crippen LogP contribution in [0.4, 0.5) is 10.5 Å². The van der Waals surface area contributed by atoms with Crippen LogP contribution >= 0.6 is 23.4 Å². The highest BCUT2D eigenvalue weighted by Gasteiger charge is 2.34. The van der Waals surface area contributed by atoms with Crippen molar-refractivity contribution in [1.29, 1.82) is 0 Å². The predicted molar refractivity (Wildman–Crippen MR) is 105 cm³/mol. The summed E-state index contributed by atoms with van der Waals surface area (Å²) in [4.78, 5) is 36.4. The fraction of sp³-hybridized carbons (Fsp3) is 0.0526. The third-order valence-electron chi connectivity index (χ3n) is 3.72. The number of thioether (sulfide) groups is 1. The molecule has 0 atom stereocenters. The second-order valence-corrected chi connectivity index (χ2v) is 7.06. The summed E-state index contributed by atoms with van der Waals surface area (Å²) in [6.07, 6.45) is 4.76. The van der Waals surface area contributed by atoms with Crippen molar-refractivity contribution in [2.45, 2.75) is 6.54 Å². The fourth-order valence-electron chi connectivity index (χ4n) is 2.46. The maximum Gasteiger partial charge on any atom is 0.293 e. The van der Waals surface area contributed by atoms with E-state index in [4.69, 9.17) is 11.6 Å². The summed E-state index contributed by atoms with van der Waals surface area (Å²) in [7, 11) is 0. The molecule has 1 heterocycles. The van der Waals surface area contributed by atoms with Crippen LogP contribution in [0.5, 0.6) is 0 Å². The van der Waals surface area contributed by atoms with Gasteiger partial charge in [0.25, 0.3) is 16.8 Å². The molecule has 0 aliphatic carbocycles. The van der Waals surface area contributed by atoms with Gasteiger partial charge in [0.2, 0.25) is 0 Å². The number of nitrogens with zero attached hydrogens (tertiary/aromatic N) is 2. The van der Waals surface area contributed by atoms with Gasteiger partial charge in [0.1, 0.15) is 0 Å². The minimum Gasteiger partial charge on any atom is -0.268 e. The monoisotopic (exact) mass is 400 g/mol. The zero-order chi connectivity index (χ0) is 19.4. The van der Waals surface area contributed by atoms with E-state index in [1.165, 1.54) is 18.2 Å². The van der Waals surface area contributed by atoms with E-state index in [2.05, 4.69) is 0 Å². The molecule has 2 aromatic carbocycles. The SMILES string of the molecule is O=C1S/C(=C\C=C\c2cccc([N+](=O)[O-])c2)C(=O)N1Cc1cccc(Cl)c1. The molecule has 6 nitrogen and oxygen atoms in total. The minimum absolute atomic E-state index is 0.0148. The quantitative estimate of drug-likeness (QED) is 0.399. The van der Waals surface area contributed by atoms with Crippen LogP contribution in [-0.4, -0.2) is 21.0 Å². The standard InChI is InChI=1S/C19H13ClN2O4S/c20-15-7-1-6-14(10-15)12-21-18(23)17(27-19(21)24)9-3-5-13-4-2-8-16(11-13)22(25)26/h1-11H,12H2/b5-3+,17-9-. The van der Waals surface area contributed by atoms with Crippen LogP contribution in [0.1, 0.15) is 11.1 Å². The number of hydrogen-bond donors (Lipinski definition) is 0. The Bertz CT molecular complexity index is 987. The van der Waals surface area contributed by atoms with Crippen molar-refractivity contribution in [2.75, 3.05) is 0 Å². The van der Waals surface area contributed by atoms with Crippen LogP contribution in [0.25, 0.3) is 6.08 Å². The molecular formula is C19H13ClN2O4S. The molecule has 1 aliphatic heterocycles. The number of amides is 2. The molecule has 0 radical (unpaired) electrons. The van der Waals surface area contributed by atoms with Crippen molar-refractivity contribution in [1.82, 2.24) is 4.90 Å². The van der Waals surface area contributed by atoms with Gasteiger partial charge in [0.15, 0.2) is 0 Å². The van der Waals surface area contributed by atoms with E-state index in [1.807, 2.05) is 0 Å². The van der Waals surface area contributed by atoms with Gasteiger partial charge in [-0.15, -0.1) is 0 Å². The van der Waals surface area contributed by atoms with E-state index >= 15 is 0 Å². The van der Waals surface area contributed by atoms with Gasteiger partial charge >= 0.3 is 0 Å². The Morgan fingerprint density at radius 2 is 1.93 bits per heavy atom. The molecule has 3 rings (SSSR count). The Hall–Kier alpha value is -2.90. The summed E-state index contributed by atoms with van der Waals surface area (Å²) in [5.41, 5.74) is 1.37. The van der Waals surface area contributed by atoms with Gasteiger partial charge in [-0.25, -0.2) is 0 Å². The Morgan fingerprint density at radius 1 is 1.15 bits per heavy atom. The molecule has 0 saturated carbocycles. The van der Waals surface area contributed by atoms with Gasteiger partial charge in [0.05, 0.1) is 16.4 Å². The van der Waals surface area contributed by atoms with Crippen LogP contribution in [0.3, 0.4) is 0 Å². The lowest BCUT2D eigenvalue weighted by Gasteiger charge is -2.12. The number of carbonyl (C=O) groups excluding carboxylic acids is 2. The summed E-state index contributed by atoms with van der Waals surface area (Å²) in [6.45, 7) is 0.150. The van der Waals surface area contributed by atoms with Gasteiger partial charge in [-0.2, -0.15) is 0 Å². The molecule has 0 spiro atoms. The molecule has 136 valence electrons. The Labute approximate surface area is 164 Å². The van der Waals surface area contributed by atoms with Crippen molar-refractivity contribution in [3.8, 4) is 0 Å². The number of halogens is 1. The maximum atomic E-state index is 12.5. The highest BCUT2D eigenvalue weighted by atomic mass is 35.5. The fourth-order valence-corrected chi connectivity index (χ4v) is 3.46. The lowest BCUT2D eigenvalue weighted by atomic mass is 10.2. The van der Waals surface area contributed by atoms with Crippen LogP contribution < -0.4 is 0 Å². The molecule has 1 saturated heterocycles. The first-order valence-electron chi connectivity index (χ1n) is 7.85. The largest absolute Gasteiger partial charge is 0.293 e. The molecule has 0 bridgehead atoms. The second kappa shape index (κ2) is 8.20. The van der Waals surface area contributed by atoms with Crippen molar-refractivity contribution in [2.24, 2.45) is 0 Å². The van der Waals surface area contributed by atoms with Gasteiger partial charge in [-0.05, 0) is 41.1 Å².